The molecule has 110 valence electrons. The van der Waals surface area contributed by atoms with Gasteiger partial charge in [0.2, 0.25) is 0 Å². The molecule has 0 aromatic heterocycles. The number of nitrogens with zero attached hydrogens (tertiary/aromatic N) is 2. The number of para-hydroxylation sites is 1. The van der Waals surface area contributed by atoms with E-state index in [4.69, 9.17) is 9.57 Å². The fourth-order valence-electron chi connectivity index (χ4n) is 3.59. The second kappa shape index (κ2) is 4.84. The molecule has 0 bridgehead atoms. The Hall–Kier alpha value is -2.35. The van der Waals surface area contributed by atoms with Crippen molar-refractivity contribution in [2.75, 3.05) is 13.7 Å². The summed E-state index contributed by atoms with van der Waals surface area (Å²) in [4.78, 5) is 6.08. The van der Waals surface area contributed by atoms with Crippen molar-refractivity contribution < 1.29 is 9.57 Å². The van der Waals surface area contributed by atoms with E-state index in [0.29, 0.717) is 6.61 Å². The number of rotatable bonds is 1. The second-order valence-corrected chi connectivity index (χ2v) is 5.82. The fraction of sp³-hybridized carbons (Fsp3) is 0.278. The fourth-order valence-corrected chi connectivity index (χ4v) is 3.59. The van der Waals surface area contributed by atoms with Crippen molar-refractivity contribution in [2.45, 2.75) is 12.1 Å². The highest BCUT2D eigenvalue weighted by molar-refractivity contribution is 5.43. The molecule has 4 rings (SSSR count). The van der Waals surface area contributed by atoms with Crippen LogP contribution in [0.2, 0.25) is 0 Å². The molecule has 2 aromatic rings. The smallest absolute Gasteiger partial charge is 0.145 e. The normalized spacial score (nSPS) is 30.0. The van der Waals surface area contributed by atoms with E-state index in [0.717, 1.165) is 16.9 Å². The Bertz CT molecular complexity index is 740. The van der Waals surface area contributed by atoms with E-state index in [9.17, 15) is 5.26 Å². The zero-order valence-corrected chi connectivity index (χ0v) is 12.3. The summed E-state index contributed by atoms with van der Waals surface area (Å²) in [5.74, 6) is 0.836. The van der Waals surface area contributed by atoms with Crippen LogP contribution < -0.4 is 4.74 Å². The largest absolute Gasteiger partial charge is 0.491 e. The number of fused-ring (bicyclic) bond motifs is 3. The molecule has 4 heteroatoms. The maximum Gasteiger partial charge on any atom is 0.145 e. The average Bonchev–Trinajstić information content (AvgIpc) is 2.89. The topological polar surface area (TPSA) is 45.5 Å². The van der Waals surface area contributed by atoms with Gasteiger partial charge in [0.15, 0.2) is 0 Å². The van der Waals surface area contributed by atoms with Crippen molar-refractivity contribution in [3.05, 3.63) is 65.7 Å². The van der Waals surface area contributed by atoms with Crippen LogP contribution in [0.5, 0.6) is 5.75 Å². The standard InChI is InChI=1S/C18H16N2O2/c1-20-16-14-9-5-6-10-15(14)21-12-18(16,11-19)17(22-20)13-7-3-2-4-8-13/h2-10,16-17H,12H2,1H3/t16-,17-,18+/m0/s1. The zero-order valence-electron chi connectivity index (χ0n) is 12.3. The second-order valence-electron chi connectivity index (χ2n) is 5.82. The van der Waals surface area contributed by atoms with Crippen LogP contribution >= 0.6 is 0 Å². The summed E-state index contributed by atoms with van der Waals surface area (Å²) in [6, 6.07) is 20.2. The first-order valence-electron chi connectivity index (χ1n) is 7.34. The van der Waals surface area contributed by atoms with Crippen molar-refractivity contribution in [1.82, 2.24) is 5.06 Å². The summed E-state index contributed by atoms with van der Waals surface area (Å²) in [7, 11) is 1.89. The first-order valence-corrected chi connectivity index (χ1v) is 7.34. The number of nitriles is 1. The van der Waals surface area contributed by atoms with Crippen molar-refractivity contribution in [3.8, 4) is 11.8 Å². The molecule has 22 heavy (non-hydrogen) atoms. The molecule has 2 aromatic carbocycles. The highest BCUT2D eigenvalue weighted by Gasteiger charge is 2.59. The van der Waals surface area contributed by atoms with Crippen LogP contribution in [0.15, 0.2) is 54.6 Å². The van der Waals surface area contributed by atoms with Crippen molar-refractivity contribution in [3.63, 3.8) is 0 Å². The maximum atomic E-state index is 9.99. The maximum absolute atomic E-state index is 9.99. The van der Waals surface area contributed by atoms with E-state index in [1.54, 1.807) is 0 Å². The third-order valence-electron chi connectivity index (χ3n) is 4.58. The minimum Gasteiger partial charge on any atom is -0.491 e. The lowest BCUT2D eigenvalue weighted by Crippen LogP contribution is -2.40. The molecular weight excluding hydrogens is 276 g/mol. The molecule has 0 saturated carbocycles. The highest BCUT2D eigenvalue weighted by atomic mass is 16.7. The monoisotopic (exact) mass is 292 g/mol. The summed E-state index contributed by atoms with van der Waals surface area (Å²) in [6.45, 7) is 0.328. The van der Waals surface area contributed by atoms with Crippen LogP contribution in [-0.2, 0) is 4.84 Å². The van der Waals surface area contributed by atoms with Gasteiger partial charge in [0.05, 0.1) is 12.1 Å². The van der Waals surface area contributed by atoms with Crippen molar-refractivity contribution >= 4 is 0 Å². The number of hydrogen-bond donors (Lipinski definition) is 0. The SMILES string of the molecule is CN1O[C@@H](c2ccccc2)[C@]2(C#N)COc3ccccc3[C@H]12. The van der Waals surface area contributed by atoms with Crippen LogP contribution in [0.1, 0.15) is 23.3 Å². The minimum absolute atomic E-state index is 0.132. The van der Waals surface area contributed by atoms with Crippen LogP contribution in [0, 0.1) is 16.7 Å². The van der Waals surface area contributed by atoms with Gasteiger partial charge >= 0.3 is 0 Å². The molecule has 0 radical (unpaired) electrons. The molecule has 3 atom stereocenters. The van der Waals surface area contributed by atoms with Crippen LogP contribution in [-0.4, -0.2) is 18.7 Å². The molecule has 2 aliphatic heterocycles. The molecule has 0 N–H and O–H groups in total. The summed E-state index contributed by atoms with van der Waals surface area (Å²) >= 11 is 0. The molecule has 0 aliphatic carbocycles. The summed E-state index contributed by atoms with van der Waals surface area (Å²) in [5, 5.41) is 11.8. The van der Waals surface area contributed by atoms with E-state index in [1.807, 2.05) is 66.7 Å². The van der Waals surface area contributed by atoms with Gasteiger partial charge in [0.1, 0.15) is 23.9 Å². The summed E-state index contributed by atoms with van der Waals surface area (Å²) in [6.07, 6.45) is -0.331. The molecule has 0 amide bonds. The van der Waals surface area contributed by atoms with Crippen LogP contribution in [0.4, 0.5) is 0 Å². The molecule has 2 heterocycles. The van der Waals surface area contributed by atoms with Gasteiger partial charge in [0, 0.05) is 12.6 Å². The third-order valence-corrected chi connectivity index (χ3v) is 4.58. The number of benzene rings is 2. The molecule has 1 fully saturated rings. The van der Waals surface area contributed by atoms with E-state index in [-0.39, 0.29) is 12.1 Å². The lowest BCUT2D eigenvalue weighted by Gasteiger charge is -2.36. The Morgan fingerprint density at radius 1 is 1.14 bits per heavy atom. The lowest BCUT2D eigenvalue weighted by molar-refractivity contribution is -0.147. The minimum atomic E-state index is -0.746. The molecule has 1 saturated heterocycles. The average molecular weight is 292 g/mol. The van der Waals surface area contributed by atoms with Gasteiger partial charge in [0.25, 0.3) is 0 Å². The Morgan fingerprint density at radius 3 is 2.64 bits per heavy atom. The summed E-state index contributed by atoms with van der Waals surface area (Å²) in [5.41, 5.74) is 1.27. The van der Waals surface area contributed by atoms with E-state index >= 15 is 0 Å². The highest BCUT2D eigenvalue weighted by Crippen LogP contribution is 2.58. The third kappa shape index (κ3) is 1.70. The molecule has 4 nitrogen and oxygen atoms in total. The summed E-state index contributed by atoms with van der Waals surface area (Å²) < 4.78 is 5.90. The molecule has 0 spiro atoms. The molecular formula is C18H16N2O2. The molecule has 0 unspecified atom stereocenters. The van der Waals surface area contributed by atoms with Gasteiger partial charge < -0.3 is 4.74 Å². The first kappa shape index (κ1) is 13.3. The van der Waals surface area contributed by atoms with Gasteiger partial charge in [-0.3, -0.25) is 4.84 Å². The molecule has 2 aliphatic rings. The Morgan fingerprint density at radius 2 is 1.86 bits per heavy atom. The van der Waals surface area contributed by atoms with E-state index < -0.39 is 5.41 Å². The van der Waals surface area contributed by atoms with Gasteiger partial charge in [-0.2, -0.15) is 10.3 Å². The van der Waals surface area contributed by atoms with Crippen molar-refractivity contribution in [1.29, 1.82) is 5.26 Å². The number of ether oxygens (including phenoxy) is 1. The predicted molar refractivity (Wildman–Crippen MR) is 80.8 cm³/mol. The number of hydroxylamine groups is 2. The number of hydrogen-bond acceptors (Lipinski definition) is 4. The van der Waals surface area contributed by atoms with Gasteiger partial charge in [-0.05, 0) is 11.6 Å². The predicted octanol–water partition coefficient (Wildman–Crippen LogP) is 3.25. The van der Waals surface area contributed by atoms with Gasteiger partial charge in [-0.25, -0.2) is 0 Å². The van der Waals surface area contributed by atoms with Gasteiger partial charge in [-0.15, -0.1) is 0 Å². The van der Waals surface area contributed by atoms with Crippen LogP contribution in [0.3, 0.4) is 0 Å². The Kier molecular flexibility index (Phi) is 2.93. The lowest BCUT2D eigenvalue weighted by atomic mass is 9.71. The first-order chi connectivity index (χ1) is 10.8. The Balaban J connectivity index is 1.86. The van der Waals surface area contributed by atoms with Crippen molar-refractivity contribution in [2.24, 2.45) is 5.41 Å². The van der Waals surface area contributed by atoms with Crippen LogP contribution in [0.25, 0.3) is 0 Å². The van der Waals surface area contributed by atoms with E-state index in [2.05, 4.69) is 6.07 Å². The zero-order chi connectivity index (χ0) is 15.2. The van der Waals surface area contributed by atoms with Gasteiger partial charge in [-0.1, -0.05) is 48.5 Å². The van der Waals surface area contributed by atoms with E-state index in [1.165, 1.54) is 0 Å². The quantitative estimate of drug-likeness (QED) is 0.809. The Labute approximate surface area is 129 Å².